The average Bonchev–Trinajstić information content (AvgIpc) is 2.17. The molecular formula is C12H15N. The van der Waals surface area contributed by atoms with Gasteiger partial charge in [0, 0.05) is 5.71 Å². The second kappa shape index (κ2) is 5.31. The van der Waals surface area contributed by atoms with Crippen LogP contribution in [0, 0.1) is 5.41 Å². The van der Waals surface area contributed by atoms with E-state index in [9.17, 15) is 0 Å². The van der Waals surface area contributed by atoms with Crippen LogP contribution >= 0.6 is 0 Å². The highest BCUT2D eigenvalue weighted by Crippen LogP contribution is 2.02. The smallest absolute Gasteiger partial charge is 0.0314 e. The van der Waals surface area contributed by atoms with Gasteiger partial charge in [-0.3, -0.25) is 0 Å². The summed E-state index contributed by atoms with van der Waals surface area (Å²) in [6, 6.07) is 10.1. The molecule has 0 amide bonds. The molecule has 0 radical (unpaired) electrons. The van der Waals surface area contributed by atoms with Crippen molar-refractivity contribution in [3.8, 4) is 0 Å². The fourth-order valence-electron chi connectivity index (χ4n) is 1.11. The van der Waals surface area contributed by atoms with E-state index >= 15 is 0 Å². The van der Waals surface area contributed by atoms with Crippen molar-refractivity contribution in [3.05, 3.63) is 42.0 Å². The number of hydrogen-bond donors (Lipinski definition) is 1. The van der Waals surface area contributed by atoms with E-state index in [2.05, 4.69) is 6.92 Å². The molecule has 1 N–H and O–H groups in total. The van der Waals surface area contributed by atoms with Crippen molar-refractivity contribution in [1.82, 2.24) is 0 Å². The van der Waals surface area contributed by atoms with E-state index < -0.39 is 0 Å². The average molecular weight is 173 g/mol. The van der Waals surface area contributed by atoms with Gasteiger partial charge in [-0.2, -0.15) is 0 Å². The molecule has 0 unspecified atom stereocenters. The zero-order valence-corrected chi connectivity index (χ0v) is 7.96. The largest absolute Gasteiger partial charge is 0.305 e. The first-order valence-electron chi connectivity index (χ1n) is 4.63. The molecule has 0 aliphatic carbocycles. The van der Waals surface area contributed by atoms with Gasteiger partial charge in [0.1, 0.15) is 0 Å². The summed E-state index contributed by atoms with van der Waals surface area (Å²) in [5.74, 6) is 0. The van der Waals surface area contributed by atoms with Gasteiger partial charge in [0.15, 0.2) is 0 Å². The van der Waals surface area contributed by atoms with Crippen LogP contribution in [0.2, 0.25) is 0 Å². The molecule has 1 aromatic rings. The Labute approximate surface area is 79.6 Å². The van der Waals surface area contributed by atoms with Crippen molar-refractivity contribution in [2.45, 2.75) is 19.8 Å². The Morgan fingerprint density at radius 1 is 1.31 bits per heavy atom. The van der Waals surface area contributed by atoms with Gasteiger partial charge in [-0.1, -0.05) is 49.8 Å². The van der Waals surface area contributed by atoms with E-state index in [0.29, 0.717) is 5.71 Å². The Morgan fingerprint density at radius 3 is 2.62 bits per heavy atom. The molecule has 1 heteroatoms. The Bertz CT molecular complexity index is 285. The number of hydrogen-bond acceptors (Lipinski definition) is 1. The maximum atomic E-state index is 7.55. The number of rotatable bonds is 4. The summed E-state index contributed by atoms with van der Waals surface area (Å²) < 4.78 is 0. The second-order valence-corrected chi connectivity index (χ2v) is 3.02. The highest BCUT2D eigenvalue weighted by atomic mass is 14.4. The molecule has 0 atom stereocenters. The van der Waals surface area contributed by atoms with Gasteiger partial charge in [-0.05, 0) is 18.1 Å². The summed E-state index contributed by atoms with van der Waals surface area (Å²) >= 11 is 0. The lowest BCUT2D eigenvalue weighted by atomic mass is 10.1. The highest BCUT2D eigenvalue weighted by molar-refractivity contribution is 5.95. The van der Waals surface area contributed by atoms with Crippen LogP contribution in [0.15, 0.2) is 36.4 Å². The van der Waals surface area contributed by atoms with Gasteiger partial charge < -0.3 is 5.41 Å². The van der Waals surface area contributed by atoms with Crippen LogP contribution < -0.4 is 0 Å². The summed E-state index contributed by atoms with van der Waals surface area (Å²) in [7, 11) is 0. The van der Waals surface area contributed by atoms with Crippen molar-refractivity contribution in [3.63, 3.8) is 0 Å². The molecule has 0 aromatic heterocycles. The van der Waals surface area contributed by atoms with Crippen molar-refractivity contribution < 1.29 is 0 Å². The zero-order valence-electron chi connectivity index (χ0n) is 7.96. The van der Waals surface area contributed by atoms with Gasteiger partial charge in [0.2, 0.25) is 0 Å². The first-order valence-corrected chi connectivity index (χ1v) is 4.63. The lowest BCUT2D eigenvalue weighted by molar-refractivity contribution is 0.990. The molecule has 0 fully saturated rings. The van der Waals surface area contributed by atoms with Crippen molar-refractivity contribution >= 4 is 11.8 Å². The van der Waals surface area contributed by atoms with Gasteiger partial charge >= 0.3 is 0 Å². The molecule has 0 spiro atoms. The topological polar surface area (TPSA) is 23.9 Å². The van der Waals surface area contributed by atoms with E-state index in [1.54, 1.807) is 0 Å². The maximum absolute atomic E-state index is 7.55. The number of nitrogens with one attached hydrogen (secondary N) is 1. The minimum absolute atomic E-state index is 0.700. The van der Waals surface area contributed by atoms with Crippen LogP contribution in [0.25, 0.3) is 6.08 Å². The zero-order chi connectivity index (χ0) is 9.52. The molecule has 1 rings (SSSR count). The lowest BCUT2D eigenvalue weighted by Crippen LogP contribution is -1.88. The predicted octanol–water partition coefficient (Wildman–Crippen LogP) is 3.52. The molecule has 0 saturated heterocycles. The fraction of sp³-hybridized carbons (Fsp3) is 0.250. The standard InChI is InChI=1S/C12H15N/c1-2-6-12(13)10-9-11-7-4-3-5-8-11/h3-5,7-10,13H,2,6H2,1H3. The number of benzene rings is 1. The van der Waals surface area contributed by atoms with Crippen LogP contribution in [0.3, 0.4) is 0 Å². The van der Waals surface area contributed by atoms with Crippen molar-refractivity contribution in [2.24, 2.45) is 0 Å². The van der Waals surface area contributed by atoms with Gasteiger partial charge in [0.25, 0.3) is 0 Å². The first kappa shape index (κ1) is 9.72. The molecule has 0 saturated carbocycles. The van der Waals surface area contributed by atoms with E-state index in [1.807, 2.05) is 42.5 Å². The van der Waals surface area contributed by atoms with E-state index in [4.69, 9.17) is 5.41 Å². The third-order valence-corrected chi connectivity index (χ3v) is 1.80. The fourth-order valence-corrected chi connectivity index (χ4v) is 1.11. The van der Waals surface area contributed by atoms with Gasteiger partial charge in [-0.15, -0.1) is 0 Å². The Hall–Kier alpha value is -1.37. The van der Waals surface area contributed by atoms with E-state index in [-0.39, 0.29) is 0 Å². The van der Waals surface area contributed by atoms with Gasteiger partial charge in [-0.25, -0.2) is 0 Å². The molecule has 68 valence electrons. The van der Waals surface area contributed by atoms with Gasteiger partial charge in [0.05, 0.1) is 0 Å². The van der Waals surface area contributed by atoms with E-state index in [0.717, 1.165) is 18.4 Å². The molecule has 0 aliphatic rings. The summed E-state index contributed by atoms with van der Waals surface area (Å²) in [6.07, 6.45) is 5.76. The highest BCUT2D eigenvalue weighted by Gasteiger charge is 1.88. The van der Waals surface area contributed by atoms with E-state index in [1.165, 1.54) is 0 Å². The molecule has 1 nitrogen and oxygen atoms in total. The van der Waals surface area contributed by atoms with Crippen LogP contribution in [0.4, 0.5) is 0 Å². The minimum atomic E-state index is 0.700. The van der Waals surface area contributed by atoms with Crippen LogP contribution in [-0.4, -0.2) is 5.71 Å². The summed E-state index contributed by atoms with van der Waals surface area (Å²) in [4.78, 5) is 0. The van der Waals surface area contributed by atoms with Crippen molar-refractivity contribution in [2.75, 3.05) is 0 Å². The molecular weight excluding hydrogens is 158 g/mol. The lowest BCUT2D eigenvalue weighted by Gasteiger charge is -1.93. The quantitative estimate of drug-likeness (QED) is 0.674. The summed E-state index contributed by atoms with van der Waals surface area (Å²) in [5.41, 5.74) is 1.86. The maximum Gasteiger partial charge on any atom is 0.0314 e. The van der Waals surface area contributed by atoms with Crippen LogP contribution in [0.1, 0.15) is 25.3 Å². The Kier molecular flexibility index (Phi) is 3.97. The SMILES string of the molecule is CCCC(=N)C=Cc1ccccc1. The molecule has 13 heavy (non-hydrogen) atoms. The number of allylic oxidation sites excluding steroid dienone is 1. The Morgan fingerprint density at radius 2 is 2.00 bits per heavy atom. The third kappa shape index (κ3) is 3.70. The third-order valence-electron chi connectivity index (χ3n) is 1.80. The van der Waals surface area contributed by atoms with Crippen molar-refractivity contribution in [1.29, 1.82) is 5.41 Å². The second-order valence-electron chi connectivity index (χ2n) is 3.02. The molecule has 0 aliphatic heterocycles. The van der Waals surface area contributed by atoms with Crippen LogP contribution in [-0.2, 0) is 0 Å². The normalized spacial score (nSPS) is 10.5. The van der Waals surface area contributed by atoms with Crippen LogP contribution in [0.5, 0.6) is 0 Å². The first-order chi connectivity index (χ1) is 6.33. The monoisotopic (exact) mass is 173 g/mol. The predicted molar refractivity (Wildman–Crippen MR) is 58.1 cm³/mol. The summed E-state index contributed by atoms with van der Waals surface area (Å²) in [6.45, 7) is 2.09. The minimum Gasteiger partial charge on any atom is -0.305 e. The molecule has 1 aromatic carbocycles. The molecule has 0 bridgehead atoms. The molecule has 0 heterocycles. The Balaban J connectivity index is 2.54. The summed E-state index contributed by atoms with van der Waals surface area (Å²) in [5, 5.41) is 7.55.